The highest BCUT2D eigenvalue weighted by Crippen LogP contribution is 2.25. The van der Waals surface area contributed by atoms with Crippen molar-refractivity contribution in [3.63, 3.8) is 0 Å². The molecule has 1 aliphatic rings. The maximum Gasteiger partial charge on any atom is -0.0227 e. The minimum Gasteiger partial charge on any atom is -0.0958 e. The van der Waals surface area contributed by atoms with Crippen LogP contribution >= 0.6 is 0 Å². The Morgan fingerprint density at radius 3 is 2.53 bits per heavy atom. The van der Waals surface area contributed by atoms with Crippen molar-refractivity contribution in [2.45, 2.75) is 53.4 Å². The largest absolute Gasteiger partial charge is 0.0958 e. The Hall–Kier alpha value is -1.30. The first kappa shape index (κ1) is 15.8. The zero-order valence-electron chi connectivity index (χ0n) is 13.0. The molecule has 0 aliphatic heterocycles. The molecule has 0 aromatic carbocycles. The van der Waals surface area contributed by atoms with Crippen LogP contribution in [0.5, 0.6) is 0 Å². The molecule has 0 saturated heterocycles. The molecule has 104 valence electrons. The molecule has 0 saturated carbocycles. The lowest BCUT2D eigenvalue weighted by Gasteiger charge is -2.17. The quantitative estimate of drug-likeness (QED) is 0.518. The van der Waals surface area contributed by atoms with Crippen molar-refractivity contribution in [1.29, 1.82) is 0 Å². The molecule has 0 spiro atoms. The molecule has 0 radical (unpaired) electrons. The van der Waals surface area contributed by atoms with E-state index in [2.05, 4.69) is 70.7 Å². The Morgan fingerprint density at radius 1 is 1.26 bits per heavy atom. The highest BCUT2D eigenvalue weighted by Gasteiger charge is 2.09. The fourth-order valence-electron chi connectivity index (χ4n) is 1.85. The first-order valence-corrected chi connectivity index (χ1v) is 7.35. The minimum atomic E-state index is 0.333. The van der Waals surface area contributed by atoms with Crippen LogP contribution in [0.15, 0.2) is 59.8 Å². The van der Waals surface area contributed by atoms with E-state index in [4.69, 9.17) is 0 Å². The van der Waals surface area contributed by atoms with Gasteiger partial charge in [0.15, 0.2) is 0 Å². The average Bonchev–Trinajstić information content (AvgIpc) is 2.38. The predicted octanol–water partition coefficient (Wildman–Crippen LogP) is 6.15. The highest BCUT2D eigenvalue weighted by atomic mass is 14.1. The van der Waals surface area contributed by atoms with Gasteiger partial charge in [-0.05, 0) is 42.2 Å². The molecule has 0 N–H and O–H groups in total. The van der Waals surface area contributed by atoms with Gasteiger partial charge in [-0.3, -0.25) is 0 Å². The molecule has 1 aliphatic carbocycles. The van der Waals surface area contributed by atoms with Crippen molar-refractivity contribution < 1.29 is 0 Å². The summed E-state index contributed by atoms with van der Waals surface area (Å²) in [5, 5.41) is 0. The molecule has 0 heteroatoms. The van der Waals surface area contributed by atoms with Gasteiger partial charge >= 0.3 is 0 Å². The van der Waals surface area contributed by atoms with Crippen LogP contribution in [0.2, 0.25) is 0 Å². The van der Waals surface area contributed by atoms with E-state index in [-0.39, 0.29) is 0 Å². The summed E-state index contributed by atoms with van der Waals surface area (Å²) >= 11 is 0. The number of allylic oxidation sites excluding steroid dienone is 9. The first-order valence-electron chi connectivity index (χ1n) is 7.35. The summed E-state index contributed by atoms with van der Waals surface area (Å²) < 4.78 is 0. The van der Waals surface area contributed by atoms with Crippen LogP contribution in [0.25, 0.3) is 0 Å². The second-order valence-corrected chi connectivity index (χ2v) is 6.41. The van der Waals surface area contributed by atoms with Crippen LogP contribution in [-0.2, 0) is 0 Å². The molecule has 19 heavy (non-hydrogen) atoms. The summed E-state index contributed by atoms with van der Waals surface area (Å²) in [6.45, 7) is 13.0. The standard InChI is InChI=1S/C19H28/c1-6-16(2)12-13-18(14-15-19(3,4)5)17-10-8-7-9-11-17/h8,10-14H,2,6-7,9,15H2,1,3-5H3. The zero-order chi connectivity index (χ0) is 14.3. The van der Waals surface area contributed by atoms with Gasteiger partial charge in [0.1, 0.15) is 0 Å². The monoisotopic (exact) mass is 256 g/mol. The van der Waals surface area contributed by atoms with Crippen molar-refractivity contribution in [1.82, 2.24) is 0 Å². The Bertz CT molecular complexity index is 419. The molecular weight excluding hydrogens is 228 g/mol. The van der Waals surface area contributed by atoms with E-state index in [1.807, 2.05) is 0 Å². The van der Waals surface area contributed by atoms with E-state index in [1.54, 1.807) is 0 Å². The zero-order valence-corrected chi connectivity index (χ0v) is 13.0. The van der Waals surface area contributed by atoms with Crippen molar-refractivity contribution in [2.24, 2.45) is 5.41 Å². The predicted molar refractivity (Wildman–Crippen MR) is 87.2 cm³/mol. The number of hydrogen-bond donors (Lipinski definition) is 0. The fourth-order valence-corrected chi connectivity index (χ4v) is 1.85. The summed E-state index contributed by atoms with van der Waals surface area (Å²) in [6.07, 6.45) is 18.0. The van der Waals surface area contributed by atoms with Gasteiger partial charge in [0, 0.05) is 0 Å². The van der Waals surface area contributed by atoms with Gasteiger partial charge in [-0.25, -0.2) is 0 Å². The molecular formula is C19H28. The molecule has 0 unspecified atom stereocenters. The summed E-state index contributed by atoms with van der Waals surface area (Å²) in [5.74, 6) is 0. The van der Waals surface area contributed by atoms with E-state index in [0.29, 0.717) is 5.41 Å². The van der Waals surface area contributed by atoms with Crippen LogP contribution in [-0.4, -0.2) is 0 Å². The lowest BCUT2D eigenvalue weighted by atomic mass is 9.89. The second-order valence-electron chi connectivity index (χ2n) is 6.41. The maximum absolute atomic E-state index is 4.05. The third-order valence-electron chi connectivity index (χ3n) is 3.22. The second kappa shape index (κ2) is 7.33. The van der Waals surface area contributed by atoms with Crippen LogP contribution in [0.1, 0.15) is 53.4 Å². The van der Waals surface area contributed by atoms with Crippen molar-refractivity contribution >= 4 is 0 Å². The number of rotatable bonds is 5. The molecule has 0 atom stereocenters. The Labute approximate surface area is 119 Å². The van der Waals surface area contributed by atoms with Gasteiger partial charge in [-0.15, -0.1) is 0 Å². The molecule has 0 amide bonds. The third kappa shape index (κ3) is 6.42. The van der Waals surface area contributed by atoms with Crippen LogP contribution in [0, 0.1) is 5.41 Å². The van der Waals surface area contributed by atoms with Gasteiger partial charge in [0.05, 0.1) is 0 Å². The Kier molecular flexibility index (Phi) is 6.08. The lowest BCUT2D eigenvalue weighted by molar-refractivity contribution is 0.420. The van der Waals surface area contributed by atoms with Gasteiger partial charge in [-0.2, -0.15) is 0 Å². The van der Waals surface area contributed by atoms with Crippen molar-refractivity contribution in [3.8, 4) is 0 Å². The summed E-state index contributed by atoms with van der Waals surface area (Å²) in [5.41, 5.74) is 4.21. The van der Waals surface area contributed by atoms with Crippen LogP contribution in [0.3, 0.4) is 0 Å². The van der Waals surface area contributed by atoms with Crippen LogP contribution in [0.4, 0.5) is 0 Å². The van der Waals surface area contributed by atoms with E-state index < -0.39 is 0 Å². The minimum absolute atomic E-state index is 0.333. The third-order valence-corrected chi connectivity index (χ3v) is 3.22. The summed E-state index contributed by atoms with van der Waals surface area (Å²) in [4.78, 5) is 0. The lowest BCUT2D eigenvalue weighted by Crippen LogP contribution is -2.03. The molecule has 0 fully saturated rings. The smallest absolute Gasteiger partial charge is 0.0227 e. The first-order chi connectivity index (χ1) is 8.92. The topological polar surface area (TPSA) is 0 Å². The van der Waals surface area contributed by atoms with E-state index in [1.165, 1.54) is 23.1 Å². The van der Waals surface area contributed by atoms with E-state index in [0.717, 1.165) is 19.3 Å². The van der Waals surface area contributed by atoms with Crippen molar-refractivity contribution in [3.05, 3.63) is 59.8 Å². The molecule has 1 rings (SSSR count). The van der Waals surface area contributed by atoms with Gasteiger partial charge in [0.25, 0.3) is 0 Å². The van der Waals surface area contributed by atoms with Gasteiger partial charge < -0.3 is 0 Å². The molecule has 0 heterocycles. The summed E-state index contributed by atoms with van der Waals surface area (Å²) in [7, 11) is 0. The average molecular weight is 256 g/mol. The number of hydrogen-bond acceptors (Lipinski definition) is 0. The normalized spacial score (nSPS) is 16.8. The van der Waals surface area contributed by atoms with Gasteiger partial charge in [0.2, 0.25) is 0 Å². The van der Waals surface area contributed by atoms with E-state index >= 15 is 0 Å². The highest BCUT2D eigenvalue weighted by molar-refractivity contribution is 5.48. The van der Waals surface area contributed by atoms with Crippen LogP contribution < -0.4 is 0 Å². The molecule has 0 nitrogen and oxygen atoms in total. The van der Waals surface area contributed by atoms with Crippen molar-refractivity contribution in [2.75, 3.05) is 0 Å². The summed E-state index contributed by atoms with van der Waals surface area (Å²) in [6, 6.07) is 0. The van der Waals surface area contributed by atoms with Gasteiger partial charge in [-0.1, -0.05) is 76.3 Å². The Morgan fingerprint density at radius 2 is 2.00 bits per heavy atom. The Balaban J connectivity index is 2.90. The van der Waals surface area contributed by atoms with E-state index in [9.17, 15) is 0 Å². The fraction of sp³-hybridized carbons (Fsp3) is 0.474. The molecule has 0 bridgehead atoms. The molecule has 0 aromatic rings. The maximum atomic E-state index is 4.05. The molecule has 0 aromatic heterocycles. The SMILES string of the molecule is C=C(C=CC(=CCC(C)(C)C)C1=CCCC=C1)CC.